The van der Waals surface area contributed by atoms with Gasteiger partial charge in [0.05, 0.1) is 13.0 Å². The van der Waals surface area contributed by atoms with Crippen molar-refractivity contribution in [2.75, 3.05) is 20.2 Å². The number of ether oxygens (including phenoxy) is 1. The van der Waals surface area contributed by atoms with Gasteiger partial charge in [0.15, 0.2) is 0 Å². The first kappa shape index (κ1) is 8.83. The second-order valence-corrected chi connectivity index (χ2v) is 2.74. The molecular weight excluding hydrogens is 162 g/mol. The molecule has 12 heavy (non-hydrogen) atoms. The molecule has 0 spiro atoms. The summed E-state index contributed by atoms with van der Waals surface area (Å²) < 4.78 is 4.50. The third-order valence-corrected chi connectivity index (χ3v) is 1.99. The van der Waals surface area contributed by atoms with E-state index in [1.54, 1.807) is 0 Å². The van der Waals surface area contributed by atoms with Crippen LogP contribution in [0.1, 0.15) is 6.42 Å². The lowest BCUT2D eigenvalue weighted by molar-refractivity contribution is -0.144. The lowest BCUT2D eigenvalue weighted by Crippen LogP contribution is -2.28. The van der Waals surface area contributed by atoms with E-state index < -0.39 is 6.09 Å². The first-order valence-corrected chi connectivity index (χ1v) is 3.71. The highest BCUT2D eigenvalue weighted by molar-refractivity contribution is 5.74. The van der Waals surface area contributed by atoms with E-state index in [2.05, 4.69) is 4.74 Å². The molecule has 1 saturated heterocycles. The zero-order valence-electron chi connectivity index (χ0n) is 6.82. The van der Waals surface area contributed by atoms with Crippen molar-refractivity contribution in [1.82, 2.24) is 4.90 Å². The molecule has 1 rings (SSSR count). The minimum Gasteiger partial charge on any atom is -0.469 e. The Hall–Kier alpha value is -1.26. The molecule has 1 aliphatic heterocycles. The first-order chi connectivity index (χ1) is 5.65. The van der Waals surface area contributed by atoms with Gasteiger partial charge >= 0.3 is 12.1 Å². The number of esters is 1. The Morgan fingerprint density at radius 1 is 1.58 bits per heavy atom. The van der Waals surface area contributed by atoms with Crippen LogP contribution in [-0.4, -0.2) is 42.3 Å². The summed E-state index contributed by atoms with van der Waals surface area (Å²) in [7, 11) is 1.31. The Balaban J connectivity index is 2.45. The maximum Gasteiger partial charge on any atom is 0.407 e. The maximum atomic E-state index is 10.9. The van der Waals surface area contributed by atoms with Crippen molar-refractivity contribution >= 4 is 12.1 Å². The summed E-state index contributed by atoms with van der Waals surface area (Å²) in [6, 6.07) is 0. The van der Waals surface area contributed by atoms with Crippen molar-refractivity contribution in [3.8, 4) is 0 Å². The van der Waals surface area contributed by atoms with Gasteiger partial charge in [-0.3, -0.25) is 4.79 Å². The van der Waals surface area contributed by atoms with Crippen LogP contribution in [0.25, 0.3) is 0 Å². The minimum atomic E-state index is -0.971. The fraction of sp³-hybridized carbons (Fsp3) is 0.714. The highest BCUT2D eigenvalue weighted by atomic mass is 16.5. The maximum absolute atomic E-state index is 10.9. The molecule has 0 bridgehead atoms. The second kappa shape index (κ2) is 3.42. The highest BCUT2D eigenvalue weighted by Gasteiger charge is 2.31. The van der Waals surface area contributed by atoms with Crippen LogP contribution in [0.3, 0.4) is 0 Å². The van der Waals surface area contributed by atoms with E-state index in [4.69, 9.17) is 5.11 Å². The lowest BCUT2D eigenvalue weighted by Gasteiger charge is -2.10. The van der Waals surface area contributed by atoms with Gasteiger partial charge in [0.25, 0.3) is 0 Å². The van der Waals surface area contributed by atoms with Crippen LogP contribution in [0.15, 0.2) is 0 Å². The standard InChI is InChI=1S/C7H11NO4/c1-12-6(9)5-2-3-8(4-5)7(10)11/h5H,2-4H2,1H3,(H,10,11). The van der Waals surface area contributed by atoms with Crippen LogP contribution in [0, 0.1) is 5.92 Å². The van der Waals surface area contributed by atoms with Gasteiger partial charge in [-0.15, -0.1) is 0 Å². The Morgan fingerprint density at radius 2 is 2.25 bits per heavy atom. The van der Waals surface area contributed by atoms with Crippen molar-refractivity contribution in [2.45, 2.75) is 6.42 Å². The van der Waals surface area contributed by atoms with Crippen LogP contribution in [0.5, 0.6) is 0 Å². The predicted octanol–water partition coefficient (Wildman–Crippen LogP) is 0.159. The summed E-state index contributed by atoms with van der Waals surface area (Å²) in [6.45, 7) is 0.692. The second-order valence-electron chi connectivity index (χ2n) is 2.74. The predicted molar refractivity (Wildman–Crippen MR) is 39.7 cm³/mol. The van der Waals surface area contributed by atoms with E-state index in [0.717, 1.165) is 0 Å². The van der Waals surface area contributed by atoms with E-state index in [1.807, 2.05) is 0 Å². The number of rotatable bonds is 1. The minimum absolute atomic E-state index is 0.266. The normalized spacial score (nSPS) is 22.4. The Bertz CT molecular complexity index is 204. The fourth-order valence-corrected chi connectivity index (χ4v) is 1.29. The molecule has 0 aromatic heterocycles. The molecule has 0 aromatic rings. The first-order valence-electron chi connectivity index (χ1n) is 3.71. The average Bonchev–Trinajstić information content (AvgIpc) is 2.51. The molecule has 1 unspecified atom stereocenters. The van der Waals surface area contributed by atoms with Gasteiger partial charge in [-0.25, -0.2) is 4.79 Å². The smallest absolute Gasteiger partial charge is 0.407 e. The summed E-state index contributed by atoms with van der Waals surface area (Å²) in [5, 5.41) is 8.56. The zero-order valence-corrected chi connectivity index (χ0v) is 6.82. The number of hydrogen-bond acceptors (Lipinski definition) is 3. The van der Waals surface area contributed by atoms with Gasteiger partial charge in [0.1, 0.15) is 0 Å². The quantitative estimate of drug-likeness (QED) is 0.573. The van der Waals surface area contributed by atoms with Gasteiger partial charge in [-0.1, -0.05) is 0 Å². The largest absolute Gasteiger partial charge is 0.469 e. The number of methoxy groups -OCH3 is 1. The molecule has 1 heterocycles. The van der Waals surface area contributed by atoms with Crippen molar-refractivity contribution in [3.63, 3.8) is 0 Å². The van der Waals surface area contributed by atoms with Gasteiger partial charge in [-0.05, 0) is 6.42 Å². The third-order valence-electron chi connectivity index (χ3n) is 1.99. The number of hydrogen-bond donors (Lipinski definition) is 1. The van der Waals surface area contributed by atoms with Gasteiger partial charge in [0, 0.05) is 13.1 Å². The van der Waals surface area contributed by atoms with Crippen molar-refractivity contribution in [2.24, 2.45) is 5.92 Å². The van der Waals surface area contributed by atoms with Crippen LogP contribution < -0.4 is 0 Å². The third kappa shape index (κ3) is 1.66. The monoisotopic (exact) mass is 173 g/mol. The molecule has 1 fully saturated rings. The highest BCUT2D eigenvalue weighted by Crippen LogP contribution is 2.16. The molecule has 0 aromatic carbocycles. The number of carboxylic acid groups (broad SMARTS) is 1. The van der Waals surface area contributed by atoms with Crippen molar-refractivity contribution in [1.29, 1.82) is 0 Å². The van der Waals surface area contributed by atoms with Crippen LogP contribution in [-0.2, 0) is 9.53 Å². The zero-order chi connectivity index (χ0) is 9.14. The molecule has 5 nitrogen and oxygen atoms in total. The molecule has 5 heteroatoms. The van der Waals surface area contributed by atoms with Crippen LogP contribution in [0.4, 0.5) is 4.79 Å². The molecule has 1 atom stereocenters. The Kier molecular flexibility index (Phi) is 2.52. The van der Waals surface area contributed by atoms with Crippen LogP contribution in [0.2, 0.25) is 0 Å². The number of nitrogens with zero attached hydrogens (tertiary/aromatic N) is 1. The van der Waals surface area contributed by atoms with E-state index >= 15 is 0 Å². The number of likely N-dealkylation sites (tertiary alicyclic amines) is 1. The SMILES string of the molecule is COC(=O)C1CCN(C(=O)O)C1. The molecule has 1 N–H and O–H groups in total. The lowest BCUT2D eigenvalue weighted by atomic mass is 10.1. The number of carbonyl (C=O) groups is 2. The molecule has 0 aliphatic carbocycles. The Labute approximate surface area is 69.9 Å². The van der Waals surface area contributed by atoms with E-state index in [1.165, 1.54) is 12.0 Å². The molecule has 1 aliphatic rings. The summed E-state index contributed by atoms with van der Waals surface area (Å²) in [5.74, 6) is -0.593. The van der Waals surface area contributed by atoms with E-state index in [0.29, 0.717) is 13.0 Å². The summed E-state index contributed by atoms with van der Waals surface area (Å²) in [4.78, 5) is 22.6. The molecular formula is C7H11NO4. The van der Waals surface area contributed by atoms with E-state index in [-0.39, 0.29) is 18.4 Å². The summed E-state index contributed by atoms with van der Waals surface area (Å²) in [6.07, 6.45) is -0.402. The summed E-state index contributed by atoms with van der Waals surface area (Å²) >= 11 is 0. The Morgan fingerprint density at radius 3 is 2.67 bits per heavy atom. The molecule has 0 saturated carbocycles. The van der Waals surface area contributed by atoms with E-state index in [9.17, 15) is 9.59 Å². The van der Waals surface area contributed by atoms with Crippen molar-refractivity contribution < 1.29 is 19.4 Å². The topological polar surface area (TPSA) is 66.8 Å². The number of carbonyl (C=O) groups excluding carboxylic acids is 1. The molecule has 1 amide bonds. The van der Waals surface area contributed by atoms with Gasteiger partial charge in [0.2, 0.25) is 0 Å². The molecule has 0 radical (unpaired) electrons. The van der Waals surface area contributed by atoms with Crippen LogP contribution >= 0.6 is 0 Å². The van der Waals surface area contributed by atoms with Crippen molar-refractivity contribution in [3.05, 3.63) is 0 Å². The average molecular weight is 173 g/mol. The van der Waals surface area contributed by atoms with Gasteiger partial charge in [-0.2, -0.15) is 0 Å². The van der Waals surface area contributed by atoms with Gasteiger partial charge < -0.3 is 14.7 Å². The molecule has 68 valence electrons. The number of amides is 1. The fourth-order valence-electron chi connectivity index (χ4n) is 1.29. The summed E-state index contributed by atoms with van der Waals surface area (Å²) in [5.41, 5.74) is 0.